The number of hydrogen-bond acceptors (Lipinski definition) is 3. The molecule has 1 aromatic heterocycles. The van der Waals surface area contributed by atoms with E-state index in [0.717, 1.165) is 33.1 Å². The lowest BCUT2D eigenvalue weighted by Gasteiger charge is -2.16. The number of fused-ring (bicyclic) bond motifs is 1. The van der Waals surface area contributed by atoms with Crippen molar-refractivity contribution in [3.63, 3.8) is 0 Å². The number of aromatic nitrogens is 1. The van der Waals surface area contributed by atoms with E-state index < -0.39 is 0 Å². The Morgan fingerprint density at radius 2 is 2.19 bits per heavy atom. The molecule has 16 heavy (non-hydrogen) atoms. The number of halogens is 1. The Morgan fingerprint density at radius 1 is 1.44 bits per heavy atom. The fourth-order valence-corrected chi connectivity index (χ4v) is 2.75. The third kappa shape index (κ3) is 2.73. The largest absolute Gasteiger partial charge is 0.326 e. The van der Waals surface area contributed by atoms with Crippen LogP contribution in [0.25, 0.3) is 10.2 Å². The molecule has 2 N–H and O–H groups in total. The summed E-state index contributed by atoms with van der Waals surface area (Å²) in [5, 5.41) is 1.90. The molecule has 1 aromatic carbocycles. The van der Waals surface area contributed by atoms with E-state index in [9.17, 15) is 0 Å². The Bertz CT molecular complexity index is 499. The summed E-state index contributed by atoms with van der Waals surface area (Å²) in [6.45, 7) is 4.07. The summed E-state index contributed by atoms with van der Waals surface area (Å²) in [6, 6.07) is 5.83. The first kappa shape index (κ1) is 11.8. The van der Waals surface area contributed by atoms with Crippen LogP contribution in [-0.4, -0.2) is 10.5 Å². The first-order chi connectivity index (χ1) is 7.46. The molecule has 0 aliphatic heterocycles. The van der Waals surface area contributed by atoms with Crippen LogP contribution in [0.4, 0.5) is 0 Å². The van der Waals surface area contributed by atoms with Crippen LogP contribution < -0.4 is 5.73 Å². The van der Waals surface area contributed by atoms with Crippen LogP contribution >= 0.6 is 22.9 Å². The van der Waals surface area contributed by atoms with E-state index in [-0.39, 0.29) is 5.54 Å². The number of thiazole rings is 1. The van der Waals surface area contributed by atoms with Gasteiger partial charge in [0.1, 0.15) is 0 Å². The monoisotopic (exact) mass is 254 g/mol. The van der Waals surface area contributed by atoms with Crippen molar-refractivity contribution < 1.29 is 0 Å². The Morgan fingerprint density at radius 3 is 2.81 bits per heavy atom. The van der Waals surface area contributed by atoms with Crippen molar-refractivity contribution in [2.24, 2.45) is 5.73 Å². The molecule has 2 nitrogen and oxygen atoms in total. The predicted molar refractivity (Wildman–Crippen MR) is 71.2 cm³/mol. The lowest BCUT2D eigenvalue weighted by molar-refractivity contribution is 0.476. The number of benzene rings is 1. The molecule has 0 amide bonds. The highest BCUT2D eigenvalue weighted by atomic mass is 35.5. The zero-order valence-corrected chi connectivity index (χ0v) is 11.0. The van der Waals surface area contributed by atoms with Crippen LogP contribution in [0.2, 0.25) is 5.02 Å². The highest BCUT2D eigenvalue weighted by Crippen LogP contribution is 2.30. The normalized spacial score (nSPS) is 12.2. The maximum Gasteiger partial charge on any atom is 0.0939 e. The predicted octanol–water partition coefficient (Wildman–Crippen LogP) is 3.62. The third-order valence-electron chi connectivity index (χ3n) is 2.39. The minimum Gasteiger partial charge on any atom is -0.326 e. The zero-order chi connectivity index (χ0) is 11.8. The number of rotatable bonds is 3. The van der Waals surface area contributed by atoms with Crippen molar-refractivity contribution in [1.29, 1.82) is 0 Å². The van der Waals surface area contributed by atoms with Gasteiger partial charge >= 0.3 is 0 Å². The fraction of sp³-hybridized carbons (Fsp3) is 0.417. The van der Waals surface area contributed by atoms with Gasteiger partial charge in [0.2, 0.25) is 0 Å². The van der Waals surface area contributed by atoms with Gasteiger partial charge in [-0.3, -0.25) is 0 Å². The quantitative estimate of drug-likeness (QED) is 0.909. The SMILES string of the molecule is CC(C)(N)CCc1nc2cccc(Cl)c2s1. The first-order valence-electron chi connectivity index (χ1n) is 5.28. The van der Waals surface area contributed by atoms with Gasteiger partial charge < -0.3 is 5.73 Å². The standard InChI is InChI=1S/C12H15ClN2S/c1-12(2,14)7-6-10-15-9-5-3-4-8(13)11(9)16-10/h3-5H,6-7,14H2,1-2H3. The molecule has 1 heterocycles. The van der Waals surface area contributed by atoms with Crippen molar-refractivity contribution in [1.82, 2.24) is 4.98 Å². The van der Waals surface area contributed by atoms with Crippen LogP contribution in [-0.2, 0) is 6.42 Å². The molecule has 2 rings (SSSR count). The molecule has 0 saturated heterocycles. The van der Waals surface area contributed by atoms with Gasteiger partial charge in [-0.25, -0.2) is 4.98 Å². The maximum absolute atomic E-state index is 6.11. The van der Waals surface area contributed by atoms with Gasteiger partial charge in [-0.2, -0.15) is 0 Å². The molecule has 0 bridgehead atoms. The molecule has 2 aromatic rings. The summed E-state index contributed by atoms with van der Waals surface area (Å²) in [7, 11) is 0. The molecule has 0 radical (unpaired) electrons. The van der Waals surface area contributed by atoms with Gasteiger partial charge in [0.05, 0.1) is 20.2 Å². The molecule has 0 aliphatic rings. The van der Waals surface area contributed by atoms with E-state index in [4.69, 9.17) is 17.3 Å². The molecule has 4 heteroatoms. The van der Waals surface area contributed by atoms with Crippen LogP contribution in [0, 0.1) is 0 Å². The third-order valence-corrected chi connectivity index (χ3v) is 3.99. The lowest BCUT2D eigenvalue weighted by atomic mass is 10.0. The van der Waals surface area contributed by atoms with Crippen molar-refractivity contribution >= 4 is 33.2 Å². The summed E-state index contributed by atoms with van der Waals surface area (Å²) >= 11 is 7.77. The topological polar surface area (TPSA) is 38.9 Å². The summed E-state index contributed by atoms with van der Waals surface area (Å²) in [4.78, 5) is 4.56. The van der Waals surface area contributed by atoms with Crippen molar-refractivity contribution in [2.45, 2.75) is 32.2 Å². The van der Waals surface area contributed by atoms with Crippen LogP contribution in [0.1, 0.15) is 25.3 Å². The van der Waals surface area contributed by atoms with Gasteiger partial charge in [0.15, 0.2) is 0 Å². The van der Waals surface area contributed by atoms with E-state index in [1.54, 1.807) is 11.3 Å². The maximum atomic E-state index is 6.11. The Labute approximate surface area is 104 Å². The highest BCUT2D eigenvalue weighted by Gasteiger charge is 2.13. The van der Waals surface area contributed by atoms with Gasteiger partial charge in [-0.15, -0.1) is 11.3 Å². The van der Waals surface area contributed by atoms with Gasteiger partial charge in [-0.05, 0) is 32.4 Å². The number of nitrogens with zero attached hydrogens (tertiary/aromatic N) is 1. The Hall–Kier alpha value is -0.640. The van der Waals surface area contributed by atoms with Gasteiger partial charge in [0, 0.05) is 12.0 Å². The second-order valence-corrected chi connectivity index (χ2v) is 6.18. The zero-order valence-electron chi connectivity index (χ0n) is 9.46. The Balaban J connectivity index is 2.24. The second-order valence-electron chi connectivity index (χ2n) is 4.68. The smallest absolute Gasteiger partial charge is 0.0939 e. The molecular weight excluding hydrogens is 240 g/mol. The highest BCUT2D eigenvalue weighted by molar-refractivity contribution is 7.19. The number of nitrogens with two attached hydrogens (primary N) is 1. The molecule has 0 atom stereocenters. The fourth-order valence-electron chi connectivity index (χ4n) is 1.50. The summed E-state index contributed by atoms with van der Waals surface area (Å²) < 4.78 is 1.08. The van der Waals surface area contributed by atoms with Crippen molar-refractivity contribution in [3.05, 3.63) is 28.2 Å². The van der Waals surface area contributed by atoms with E-state index >= 15 is 0 Å². The minimum atomic E-state index is -0.137. The number of aryl methyl sites for hydroxylation is 1. The summed E-state index contributed by atoms with van der Waals surface area (Å²) in [5.41, 5.74) is 6.81. The summed E-state index contributed by atoms with van der Waals surface area (Å²) in [6.07, 6.45) is 1.85. The molecule has 0 saturated carbocycles. The molecule has 0 unspecified atom stereocenters. The van der Waals surface area contributed by atoms with Crippen molar-refractivity contribution in [3.8, 4) is 0 Å². The Kier molecular flexibility index (Phi) is 3.19. The molecule has 86 valence electrons. The van der Waals surface area contributed by atoms with E-state index in [0.29, 0.717) is 0 Å². The lowest BCUT2D eigenvalue weighted by Crippen LogP contribution is -2.32. The number of hydrogen-bond donors (Lipinski definition) is 1. The summed E-state index contributed by atoms with van der Waals surface area (Å²) in [5.74, 6) is 0. The van der Waals surface area contributed by atoms with Crippen LogP contribution in [0.3, 0.4) is 0 Å². The van der Waals surface area contributed by atoms with E-state index in [1.165, 1.54) is 0 Å². The van der Waals surface area contributed by atoms with Gasteiger partial charge in [-0.1, -0.05) is 17.7 Å². The molecular formula is C12H15ClN2S. The molecule has 0 fully saturated rings. The van der Waals surface area contributed by atoms with Crippen LogP contribution in [0.15, 0.2) is 18.2 Å². The average molecular weight is 255 g/mol. The van der Waals surface area contributed by atoms with Crippen molar-refractivity contribution in [2.75, 3.05) is 0 Å². The molecule has 0 aliphatic carbocycles. The molecule has 0 spiro atoms. The van der Waals surface area contributed by atoms with Gasteiger partial charge in [0.25, 0.3) is 0 Å². The second kappa shape index (κ2) is 4.32. The average Bonchev–Trinajstić information content (AvgIpc) is 2.58. The van der Waals surface area contributed by atoms with E-state index in [2.05, 4.69) is 4.98 Å². The van der Waals surface area contributed by atoms with E-state index in [1.807, 2.05) is 32.0 Å². The first-order valence-corrected chi connectivity index (χ1v) is 6.48. The van der Waals surface area contributed by atoms with Crippen LogP contribution in [0.5, 0.6) is 0 Å². The minimum absolute atomic E-state index is 0.137.